The first-order chi connectivity index (χ1) is 11.1. The molecule has 0 aliphatic carbocycles. The van der Waals surface area contributed by atoms with Crippen molar-refractivity contribution in [3.05, 3.63) is 22.4 Å². The Balaban J connectivity index is 1.84. The van der Waals surface area contributed by atoms with Gasteiger partial charge in [-0.3, -0.25) is 4.99 Å². The van der Waals surface area contributed by atoms with Crippen LogP contribution in [0.1, 0.15) is 32.6 Å². The van der Waals surface area contributed by atoms with Crippen molar-refractivity contribution in [3.8, 4) is 0 Å². The number of piperazine rings is 1. The molecule has 1 aromatic rings. The van der Waals surface area contributed by atoms with Gasteiger partial charge in [-0.1, -0.05) is 19.9 Å². The van der Waals surface area contributed by atoms with E-state index in [1.807, 2.05) is 0 Å². The molecule has 1 aliphatic rings. The molecule has 2 rings (SSSR count). The van der Waals surface area contributed by atoms with Gasteiger partial charge >= 0.3 is 0 Å². The van der Waals surface area contributed by atoms with Crippen LogP contribution in [0.15, 0.2) is 22.5 Å². The summed E-state index contributed by atoms with van der Waals surface area (Å²) in [4.78, 5) is 11.2. The van der Waals surface area contributed by atoms with Crippen molar-refractivity contribution in [2.24, 2.45) is 10.9 Å². The summed E-state index contributed by atoms with van der Waals surface area (Å²) in [5.41, 5.74) is 0. The van der Waals surface area contributed by atoms with Crippen molar-refractivity contribution in [1.82, 2.24) is 15.1 Å². The first-order valence-corrected chi connectivity index (χ1v) is 9.76. The maximum atomic E-state index is 4.88. The molecule has 1 saturated heterocycles. The Morgan fingerprint density at radius 2 is 1.91 bits per heavy atom. The zero-order chi connectivity index (χ0) is 16.7. The number of aliphatic imine (C=N–C) groups is 1. The molecule has 1 atom stereocenters. The van der Waals surface area contributed by atoms with Crippen molar-refractivity contribution < 1.29 is 0 Å². The fraction of sp³-hybridized carbons (Fsp3) is 0.722. The van der Waals surface area contributed by atoms with E-state index >= 15 is 0 Å². The lowest BCUT2D eigenvalue weighted by atomic mass is 10.1. The fourth-order valence-electron chi connectivity index (χ4n) is 2.92. The number of hydrogen-bond donors (Lipinski definition) is 1. The standard InChI is InChI=1S/C18H32N4S/c1-5-21-8-10-22(11-9-21)14-16(4)13-19-18(20-15(2)3)17-7-6-12-23-17/h6-7,12,15-16H,5,8-11,13-14H2,1-4H3,(H,19,20)/t16-/m0/s1. The SMILES string of the molecule is CCN1CCN(C[C@@H](C)CN=C(NC(C)C)c2cccs2)CC1. The Morgan fingerprint density at radius 1 is 1.22 bits per heavy atom. The van der Waals surface area contributed by atoms with E-state index in [-0.39, 0.29) is 0 Å². The third-order valence-corrected chi connectivity index (χ3v) is 5.10. The highest BCUT2D eigenvalue weighted by atomic mass is 32.1. The first-order valence-electron chi connectivity index (χ1n) is 8.88. The molecular weight excluding hydrogens is 304 g/mol. The number of nitrogens with one attached hydrogen (secondary N) is 1. The maximum Gasteiger partial charge on any atom is 0.138 e. The van der Waals surface area contributed by atoms with Gasteiger partial charge in [-0.15, -0.1) is 11.3 Å². The second-order valence-corrected chi connectivity index (χ2v) is 7.75. The summed E-state index contributed by atoms with van der Waals surface area (Å²) in [6.07, 6.45) is 0. The molecule has 1 fully saturated rings. The van der Waals surface area contributed by atoms with Gasteiger partial charge in [0.2, 0.25) is 0 Å². The maximum absolute atomic E-state index is 4.88. The number of thiophene rings is 1. The van der Waals surface area contributed by atoms with E-state index in [1.165, 1.54) is 37.6 Å². The lowest BCUT2D eigenvalue weighted by Crippen LogP contribution is -2.47. The predicted octanol–water partition coefficient (Wildman–Crippen LogP) is 2.77. The summed E-state index contributed by atoms with van der Waals surface area (Å²) >= 11 is 1.75. The van der Waals surface area contributed by atoms with Gasteiger partial charge in [0.25, 0.3) is 0 Å². The van der Waals surface area contributed by atoms with E-state index in [2.05, 4.69) is 60.3 Å². The number of nitrogens with zero attached hydrogens (tertiary/aromatic N) is 3. The number of amidine groups is 1. The van der Waals surface area contributed by atoms with Crippen LogP contribution in [0, 0.1) is 5.92 Å². The number of rotatable bonds is 7. The Hall–Kier alpha value is -0.910. The van der Waals surface area contributed by atoms with Crippen LogP contribution in [0.3, 0.4) is 0 Å². The van der Waals surface area contributed by atoms with E-state index in [9.17, 15) is 0 Å². The third-order valence-electron chi connectivity index (χ3n) is 4.22. The van der Waals surface area contributed by atoms with Gasteiger partial charge in [0.15, 0.2) is 0 Å². The molecule has 0 radical (unpaired) electrons. The van der Waals surface area contributed by atoms with Gasteiger partial charge < -0.3 is 15.1 Å². The van der Waals surface area contributed by atoms with Crippen LogP contribution in [-0.4, -0.2) is 67.5 Å². The average Bonchev–Trinajstić information content (AvgIpc) is 3.06. The Labute approximate surface area is 145 Å². The monoisotopic (exact) mass is 336 g/mol. The molecule has 1 aliphatic heterocycles. The van der Waals surface area contributed by atoms with Crippen molar-refractivity contribution in [2.45, 2.75) is 33.7 Å². The molecule has 0 spiro atoms. The molecule has 1 N–H and O–H groups in total. The summed E-state index contributed by atoms with van der Waals surface area (Å²) in [5, 5.41) is 5.61. The lowest BCUT2D eigenvalue weighted by molar-refractivity contribution is 0.125. The summed E-state index contributed by atoms with van der Waals surface area (Å²) < 4.78 is 0. The molecule has 130 valence electrons. The predicted molar refractivity (Wildman–Crippen MR) is 102 cm³/mol. The molecular formula is C18H32N4S. The quantitative estimate of drug-likeness (QED) is 0.613. The van der Waals surface area contributed by atoms with E-state index in [0.29, 0.717) is 12.0 Å². The van der Waals surface area contributed by atoms with Crippen molar-refractivity contribution in [3.63, 3.8) is 0 Å². The van der Waals surface area contributed by atoms with Gasteiger partial charge in [0.05, 0.1) is 4.88 Å². The van der Waals surface area contributed by atoms with Crippen LogP contribution in [0.4, 0.5) is 0 Å². The molecule has 0 amide bonds. The van der Waals surface area contributed by atoms with Crippen molar-refractivity contribution in [2.75, 3.05) is 45.8 Å². The molecule has 23 heavy (non-hydrogen) atoms. The smallest absolute Gasteiger partial charge is 0.138 e. The molecule has 0 saturated carbocycles. The minimum absolute atomic E-state index is 0.410. The summed E-state index contributed by atoms with van der Waals surface area (Å²) in [5.74, 6) is 1.64. The molecule has 5 heteroatoms. The normalized spacial score (nSPS) is 19.3. The van der Waals surface area contributed by atoms with E-state index in [1.54, 1.807) is 11.3 Å². The zero-order valence-electron chi connectivity index (χ0n) is 15.1. The van der Waals surface area contributed by atoms with E-state index < -0.39 is 0 Å². The molecule has 4 nitrogen and oxygen atoms in total. The fourth-order valence-corrected chi connectivity index (χ4v) is 3.61. The highest BCUT2D eigenvalue weighted by Gasteiger charge is 2.17. The van der Waals surface area contributed by atoms with Crippen LogP contribution < -0.4 is 5.32 Å². The van der Waals surface area contributed by atoms with Crippen LogP contribution >= 0.6 is 11.3 Å². The average molecular weight is 337 g/mol. The number of hydrogen-bond acceptors (Lipinski definition) is 4. The minimum atomic E-state index is 0.410. The second kappa shape index (κ2) is 9.40. The molecule has 0 aromatic carbocycles. The minimum Gasteiger partial charge on any atom is -0.367 e. The molecule has 0 bridgehead atoms. The third kappa shape index (κ3) is 6.24. The first kappa shape index (κ1) is 18.4. The van der Waals surface area contributed by atoms with Gasteiger partial charge in [-0.25, -0.2) is 0 Å². The van der Waals surface area contributed by atoms with Crippen molar-refractivity contribution in [1.29, 1.82) is 0 Å². The summed E-state index contributed by atoms with van der Waals surface area (Å²) in [6.45, 7) is 16.9. The van der Waals surface area contributed by atoms with Gasteiger partial charge in [-0.2, -0.15) is 0 Å². The van der Waals surface area contributed by atoms with E-state index in [4.69, 9.17) is 4.99 Å². The van der Waals surface area contributed by atoms with Gasteiger partial charge in [0, 0.05) is 45.3 Å². The molecule has 2 heterocycles. The lowest BCUT2D eigenvalue weighted by Gasteiger charge is -2.35. The molecule has 1 aromatic heterocycles. The van der Waals surface area contributed by atoms with E-state index in [0.717, 1.165) is 18.9 Å². The van der Waals surface area contributed by atoms with Crippen LogP contribution in [-0.2, 0) is 0 Å². The number of likely N-dealkylation sites (N-methyl/N-ethyl adjacent to an activating group) is 1. The Morgan fingerprint density at radius 3 is 2.48 bits per heavy atom. The molecule has 0 unspecified atom stereocenters. The van der Waals surface area contributed by atoms with Crippen LogP contribution in [0.5, 0.6) is 0 Å². The highest BCUT2D eigenvalue weighted by molar-refractivity contribution is 7.12. The Bertz CT molecular complexity index is 461. The second-order valence-electron chi connectivity index (χ2n) is 6.81. The van der Waals surface area contributed by atoms with Gasteiger partial charge in [-0.05, 0) is 37.8 Å². The summed E-state index contributed by atoms with van der Waals surface area (Å²) in [7, 11) is 0. The topological polar surface area (TPSA) is 30.9 Å². The van der Waals surface area contributed by atoms with Crippen molar-refractivity contribution >= 4 is 17.2 Å². The summed E-state index contributed by atoms with van der Waals surface area (Å²) in [6, 6.07) is 4.65. The van der Waals surface area contributed by atoms with Crippen LogP contribution in [0.2, 0.25) is 0 Å². The largest absolute Gasteiger partial charge is 0.367 e. The van der Waals surface area contributed by atoms with Crippen LogP contribution in [0.25, 0.3) is 0 Å². The highest BCUT2D eigenvalue weighted by Crippen LogP contribution is 2.11. The van der Waals surface area contributed by atoms with Gasteiger partial charge in [0.1, 0.15) is 5.84 Å². The zero-order valence-corrected chi connectivity index (χ0v) is 15.9. The Kier molecular flexibility index (Phi) is 7.53.